The van der Waals surface area contributed by atoms with Crippen LogP contribution in [0.5, 0.6) is 0 Å². The molecule has 1 N–H and O–H groups in total. The van der Waals surface area contributed by atoms with Gasteiger partial charge in [0.15, 0.2) is 0 Å². The quantitative estimate of drug-likeness (QED) is 0.849. The second kappa shape index (κ2) is 5.50. The van der Waals surface area contributed by atoms with Crippen LogP contribution in [0.3, 0.4) is 0 Å². The zero-order valence-electron chi connectivity index (χ0n) is 10.3. The minimum atomic E-state index is -0.496. The second-order valence-electron chi connectivity index (χ2n) is 5.05. The van der Waals surface area contributed by atoms with Gasteiger partial charge in [-0.3, -0.25) is 0 Å². The summed E-state index contributed by atoms with van der Waals surface area (Å²) in [5.41, 5.74) is 0.436. The Morgan fingerprint density at radius 3 is 2.67 bits per heavy atom. The predicted molar refractivity (Wildman–Crippen MR) is 78.8 cm³/mol. The molecule has 0 heterocycles. The summed E-state index contributed by atoms with van der Waals surface area (Å²) in [6.45, 7) is 1.99. The lowest BCUT2D eigenvalue weighted by Crippen LogP contribution is -2.40. The number of benzene rings is 1. The maximum atomic E-state index is 9.48. The maximum Gasteiger partial charge on any atom is 0.125 e. The molecule has 1 aliphatic carbocycles. The molecule has 18 heavy (non-hydrogen) atoms. The van der Waals surface area contributed by atoms with Crippen molar-refractivity contribution in [3.8, 4) is 6.07 Å². The Labute approximate surface area is 121 Å². The zero-order valence-corrected chi connectivity index (χ0v) is 12.7. The third-order valence-electron chi connectivity index (χ3n) is 3.73. The van der Waals surface area contributed by atoms with Gasteiger partial charge < -0.3 is 5.32 Å². The van der Waals surface area contributed by atoms with E-state index in [0.717, 1.165) is 23.0 Å². The molecule has 1 atom stereocenters. The van der Waals surface area contributed by atoms with Crippen LogP contribution in [0, 0.1) is 17.2 Å². The summed E-state index contributed by atoms with van der Waals surface area (Å²) in [6, 6.07) is 8.12. The molecule has 0 aromatic heterocycles. The fraction of sp³-hybridized carbons (Fsp3) is 0.500. The van der Waals surface area contributed by atoms with Gasteiger partial charge in [0.2, 0.25) is 0 Å². The summed E-state index contributed by atoms with van der Waals surface area (Å²) in [5.74, 6) is 0.428. The molecule has 0 spiro atoms. The molecule has 1 unspecified atom stereocenters. The van der Waals surface area contributed by atoms with Crippen LogP contribution < -0.4 is 5.32 Å². The van der Waals surface area contributed by atoms with E-state index in [0.29, 0.717) is 10.9 Å². The number of nitrogens with zero attached hydrogens (tertiary/aromatic N) is 1. The molecule has 1 aromatic carbocycles. The highest BCUT2D eigenvalue weighted by atomic mass is 79.9. The number of nitrogens with one attached hydrogen (secondary N) is 1. The summed E-state index contributed by atoms with van der Waals surface area (Å²) < 4.78 is 0.848. The van der Waals surface area contributed by atoms with Crippen LogP contribution in [-0.4, -0.2) is 5.54 Å². The summed E-state index contributed by atoms with van der Waals surface area (Å²) in [4.78, 5) is 0. The third-order valence-corrected chi connectivity index (χ3v) is 4.94. The van der Waals surface area contributed by atoms with E-state index in [1.165, 1.54) is 12.8 Å². The minimum absolute atomic E-state index is 0.428. The van der Waals surface area contributed by atoms with Crippen molar-refractivity contribution in [3.63, 3.8) is 0 Å². The topological polar surface area (TPSA) is 35.8 Å². The molecule has 1 fully saturated rings. The van der Waals surface area contributed by atoms with Crippen molar-refractivity contribution in [2.24, 2.45) is 5.92 Å². The lowest BCUT2D eigenvalue weighted by Gasteiger charge is -2.30. The molecule has 0 bridgehead atoms. The van der Waals surface area contributed by atoms with Gasteiger partial charge in [-0.1, -0.05) is 24.4 Å². The molecule has 4 heteroatoms. The zero-order chi connectivity index (χ0) is 13.2. The number of hydrogen-bond acceptors (Lipinski definition) is 2. The lowest BCUT2D eigenvalue weighted by molar-refractivity contribution is 0.404. The first-order chi connectivity index (χ1) is 8.55. The highest BCUT2D eigenvalue weighted by Gasteiger charge is 2.36. The second-order valence-corrected chi connectivity index (χ2v) is 6.31. The van der Waals surface area contributed by atoms with E-state index >= 15 is 0 Å². The van der Waals surface area contributed by atoms with E-state index in [9.17, 15) is 5.26 Å². The van der Waals surface area contributed by atoms with Crippen LogP contribution in [-0.2, 0) is 0 Å². The van der Waals surface area contributed by atoms with Crippen LogP contribution in [0.4, 0.5) is 5.69 Å². The first-order valence-electron chi connectivity index (χ1n) is 6.19. The highest BCUT2D eigenvalue weighted by Crippen LogP contribution is 2.36. The molecule has 2 nitrogen and oxygen atoms in total. The van der Waals surface area contributed by atoms with Gasteiger partial charge in [0, 0.05) is 10.2 Å². The van der Waals surface area contributed by atoms with Crippen molar-refractivity contribution >= 4 is 33.2 Å². The average molecular weight is 328 g/mol. The third kappa shape index (κ3) is 2.81. The monoisotopic (exact) mass is 326 g/mol. The van der Waals surface area contributed by atoms with Crippen molar-refractivity contribution in [3.05, 3.63) is 27.7 Å². The van der Waals surface area contributed by atoms with Gasteiger partial charge in [0.1, 0.15) is 5.54 Å². The van der Waals surface area contributed by atoms with Crippen molar-refractivity contribution in [2.75, 3.05) is 5.32 Å². The van der Waals surface area contributed by atoms with E-state index in [4.69, 9.17) is 11.6 Å². The van der Waals surface area contributed by atoms with Crippen molar-refractivity contribution < 1.29 is 0 Å². The molecule has 0 radical (unpaired) electrons. The first kappa shape index (κ1) is 13.7. The van der Waals surface area contributed by atoms with Crippen molar-refractivity contribution in [1.29, 1.82) is 5.26 Å². The standard InChI is InChI=1S/C14H16BrClN2/c1-14(9-17,10-4-2-3-5-10)18-11-6-7-13(16)12(15)8-11/h6-8,10,18H,2-5H2,1H3. The Morgan fingerprint density at radius 2 is 2.11 bits per heavy atom. The first-order valence-corrected chi connectivity index (χ1v) is 7.37. The molecular weight excluding hydrogens is 312 g/mol. The van der Waals surface area contributed by atoms with Gasteiger partial charge in [0.25, 0.3) is 0 Å². The Balaban J connectivity index is 2.19. The SMILES string of the molecule is CC(C#N)(Nc1ccc(Cl)c(Br)c1)C1CCCC1. The highest BCUT2D eigenvalue weighted by molar-refractivity contribution is 9.10. The Hall–Kier alpha value is -0.720. The average Bonchev–Trinajstić information content (AvgIpc) is 2.88. The van der Waals surface area contributed by atoms with Crippen LogP contribution in [0.25, 0.3) is 0 Å². The van der Waals surface area contributed by atoms with Gasteiger partial charge in [-0.2, -0.15) is 5.26 Å². The number of nitriles is 1. The van der Waals surface area contributed by atoms with Gasteiger partial charge in [-0.15, -0.1) is 0 Å². The van der Waals surface area contributed by atoms with E-state index in [1.54, 1.807) is 0 Å². The lowest BCUT2D eigenvalue weighted by atomic mass is 9.85. The molecule has 1 aliphatic rings. The predicted octanol–water partition coefficient (Wildman–Crippen LogP) is 4.99. The molecule has 0 amide bonds. The van der Waals surface area contributed by atoms with Crippen LogP contribution >= 0.6 is 27.5 Å². The smallest absolute Gasteiger partial charge is 0.125 e. The van der Waals surface area contributed by atoms with Gasteiger partial charge in [-0.25, -0.2) is 0 Å². The Bertz CT molecular complexity index is 477. The summed E-state index contributed by atoms with van der Waals surface area (Å²) >= 11 is 9.38. The fourth-order valence-corrected chi connectivity index (χ4v) is 3.09. The largest absolute Gasteiger partial charge is 0.367 e. The maximum absolute atomic E-state index is 9.48. The molecule has 1 saturated carbocycles. The minimum Gasteiger partial charge on any atom is -0.367 e. The molecule has 1 aromatic rings. The molecule has 0 aliphatic heterocycles. The van der Waals surface area contributed by atoms with E-state index in [-0.39, 0.29) is 0 Å². The van der Waals surface area contributed by atoms with Crippen molar-refractivity contribution in [2.45, 2.75) is 38.1 Å². The van der Waals surface area contributed by atoms with Gasteiger partial charge >= 0.3 is 0 Å². The van der Waals surface area contributed by atoms with Crippen LogP contribution in [0.2, 0.25) is 5.02 Å². The molecule has 96 valence electrons. The Kier molecular flexibility index (Phi) is 4.19. The van der Waals surface area contributed by atoms with Gasteiger partial charge in [0.05, 0.1) is 11.1 Å². The molecule has 2 rings (SSSR count). The summed E-state index contributed by atoms with van der Waals surface area (Å²) in [6.07, 6.45) is 4.72. The summed E-state index contributed by atoms with van der Waals surface area (Å²) in [7, 11) is 0. The van der Waals surface area contributed by atoms with Gasteiger partial charge in [-0.05, 0) is 59.8 Å². The molecular formula is C14H16BrClN2. The normalized spacial score (nSPS) is 19.2. The number of rotatable bonds is 3. The van der Waals surface area contributed by atoms with E-state index in [1.807, 2.05) is 25.1 Å². The van der Waals surface area contributed by atoms with E-state index < -0.39 is 5.54 Å². The fourth-order valence-electron chi connectivity index (χ4n) is 2.60. The number of anilines is 1. The van der Waals surface area contributed by atoms with Crippen LogP contribution in [0.15, 0.2) is 22.7 Å². The molecule has 0 saturated heterocycles. The van der Waals surface area contributed by atoms with Crippen LogP contribution in [0.1, 0.15) is 32.6 Å². The van der Waals surface area contributed by atoms with E-state index in [2.05, 4.69) is 27.3 Å². The number of halogens is 2. The number of hydrogen-bond donors (Lipinski definition) is 1. The van der Waals surface area contributed by atoms with Crippen molar-refractivity contribution in [1.82, 2.24) is 0 Å². The Morgan fingerprint density at radius 1 is 1.44 bits per heavy atom. The summed E-state index contributed by atoms with van der Waals surface area (Å²) in [5, 5.41) is 13.5.